The molecule has 18 heavy (non-hydrogen) atoms. The van der Waals surface area contributed by atoms with E-state index in [4.69, 9.17) is 4.74 Å². The molecule has 1 heterocycles. The maximum Gasteiger partial charge on any atom is 0.137 e. The number of nitrogens with zero attached hydrogens (tertiary/aromatic N) is 1. The molecule has 1 aromatic rings. The molecule has 0 radical (unpaired) electrons. The summed E-state index contributed by atoms with van der Waals surface area (Å²) in [4.78, 5) is 4.24. The van der Waals surface area contributed by atoms with Crippen molar-refractivity contribution >= 4 is 0 Å². The second-order valence-electron chi connectivity index (χ2n) is 5.00. The van der Waals surface area contributed by atoms with E-state index in [1.54, 1.807) is 6.20 Å². The van der Waals surface area contributed by atoms with Crippen LogP contribution >= 0.6 is 0 Å². The van der Waals surface area contributed by atoms with Crippen LogP contribution in [0.3, 0.4) is 0 Å². The number of pyridine rings is 1. The van der Waals surface area contributed by atoms with Crippen molar-refractivity contribution in [3.63, 3.8) is 0 Å². The van der Waals surface area contributed by atoms with E-state index < -0.39 is 0 Å². The Hall–Kier alpha value is -1.09. The molecule has 100 valence electrons. The molecule has 0 spiro atoms. The fraction of sp³-hybridized carbons (Fsp3) is 0.667. The second kappa shape index (κ2) is 6.74. The van der Waals surface area contributed by atoms with E-state index in [0.29, 0.717) is 12.6 Å². The molecule has 0 amide bonds. The molecular weight excluding hydrogens is 224 g/mol. The van der Waals surface area contributed by atoms with E-state index >= 15 is 0 Å². The zero-order valence-corrected chi connectivity index (χ0v) is 11.5. The van der Waals surface area contributed by atoms with Crippen LogP contribution in [0.2, 0.25) is 0 Å². The van der Waals surface area contributed by atoms with Crippen molar-refractivity contribution < 1.29 is 4.74 Å². The van der Waals surface area contributed by atoms with Crippen molar-refractivity contribution in [1.29, 1.82) is 0 Å². The standard InChI is InChI=1S/C15H24N2O/c1-3-17-15(13-6-7-13)8-5-12-9-14(18-4-2)11-16-10-12/h9-11,13,15,17H,3-8H2,1-2H3. The summed E-state index contributed by atoms with van der Waals surface area (Å²) >= 11 is 0. The quantitative estimate of drug-likeness (QED) is 0.768. The van der Waals surface area contributed by atoms with Crippen LogP contribution in [-0.2, 0) is 6.42 Å². The Morgan fingerprint density at radius 3 is 2.89 bits per heavy atom. The first-order chi connectivity index (χ1) is 8.83. The van der Waals surface area contributed by atoms with E-state index in [1.807, 2.05) is 13.1 Å². The SMILES string of the molecule is CCNC(CCc1cncc(OCC)c1)C1CC1. The number of ether oxygens (including phenoxy) is 1. The van der Waals surface area contributed by atoms with Gasteiger partial charge in [-0.05, 0) is 56.7 Å². The average molecular weight is 248 g/mol. The molecule has 0 aliphatic heterocycles. The first kappa shape index (κ1) is 13.3. The van der Waals surface area contributed by atoms with Crippen molar-refractivity contribution in [2.75, 3.05) is 13.2 Å². The Labute approximate surface area is 110 Å². The van der Waals surface area contributed by atoms with Gasteiger partial charge in [-0.2, -0.15) is 0 Å². The Kier molecular flexibility index (Phi) is 5.00. The predicted octanol–water partition coefficient (Wildman–Crippen LogP) is 2.80. The van der Waals surface area contributed by atoms with Gasteiger partial charge in [0, 0.05) is 12.2 Å². The molecule has 1 aliphatic carbocycles. The summed E-state index contributed by atoms with van der Waals surface area (Å²) in [6.07, 6.45) is 8.83. The summed E-state index contributed by atoms with van der Waals surface area (Å²) in [7, 11) is 0. The molecule has 1 aliphatic rings. The Bertz CT molecular complexity index is 363. The smallest absolute Gasteiger partial charge is 0.137 e. The number of rotatable bonds is 8. The monoisotopic (exact) mass is 248 g/mol. The lowest BCUT2D eigenvalue weighted by molar-refractivity contribution is 0.338. The summed E-state index contributed by atoms with van der Waals surface area (Å²) in [6, 6.07) is 2.80. The highest BCUT2D eigenvalue weighted by Gasteiger charge is 2.29. The highest BCUT2D eigenvalue weighted by Crippen LogP contribution is 2.34. The molecule has 1 aromatic heterocycles. The number of aryl methyl sites for hydroxylation is 1. The highest BCUT2D eigenvalue weighted by atomic mass is 16.5. The maximum atomic E-state index is 5.48. The molecule has 1 unspecified atom stereocenters. The molecule has 0 aromatic carbocycles. The lowest BCUT2D eigenvalue weighted by Crippen LogP contribution is -2.31. The Morgan fingerprint density at radius 2 is 2.22 bits per heavy atom. The fourth-order valence-corrected chi connectivity index (χ4v) is 2.43. The van der Waals surface area contributed by atoms with Crippen molar-refractivity contribution in [2.24, 2.45) is 5.92 Å². The van der Waals surface area contributed by atoms with Crippen molar-refractivity contribution in [2.45, 2.75) is 45.6 Å². The number of hydrogen-bond donors (Lipinski definition) is 1. The largest absolute Gasteiger partial charge is 0.492 e. The summed E-state index contributed by atoms with van der Waals surface area (Å²) in [5.74, 6) is 1.80. The van der Waals surface area contributed by atoms with Gasteiger partial charge in [-0.3, -0.25) is 4.98 Å². The first-order valence-electron chi connectivity index (χ1n) is 7.13. The van der Waals surface area contributed by atoms with Gasteiger partial charge in [-0.25, -0.2) is 0 Å². The molecular formula is C15H24N2O. The van der Waals surface area contributed by atoms with Crippen LogP contribution in [0, 0.1) is 5.92 Å². The molecule has 0 bridgehead atoms. The van der Waals surface area contributed by atoms with Crippen LogP contribution in [0.25, 0.3) is 0 Å². The van der Waals surface area contributed by atoms with E-state index in [9.17, 15) is 0 Å². The molecule has 3 heteroatoms. The van der Waals surface area contributed by atoms with E-state index in [1.165, 1.54) is 24.8 Å². The fourth-order valence-electron chi connectivity index (χ4n) is 2.43. The molecule has 2 rings (SSSR count). The first-order valence-corrected chi connectivity index (χ1v) is 7.13. The van der Waals surface area contributed by atoms with Crippen molar-refractivity contribution in [1.82, 2.24) is 10.3 Å². The van der Waals surface area contributed by atoms with Crippen LogP contribution in [0.5, 0.6) is 5.75 Å². The average Bonchev–Trinajstić information content (AvgIpc) is 3.20. The van der Waals surface area contributed by atoms with Gasteiger partial charge in [0.25, 0.3) is 0 Å². The lowest BCUT2D eigenvalue weighted by atomic mass is 10.0. The molecule has 1 atom stereocenters. The minimum Gasteiger partial charge on any atom is -0.492 e. The molecule has 1 N–H and O–H groups in total. The lowest BCUT2D eigenvalue weighted by Gasteiger charge is -2.17. The zero-order valence-electron chi connectivity index (χ0n) is 11.5. The zero-order chi connectivity index (χ0) is 12.8. The third kappa shape index (κ3) is 3.98. The van der Waals surface area contributed by atoms with Crippen molar-refractivity contribution in [3.8, 4) is 5.75 Å². The van der Waals surface area contributed by atoms with Crippen LogP contribution < -0.4 is 10.1 Å². The van der Waals surface area contributed by atoms with Gasteiger partial charge in [0.2, 0.25) is 0 Å². The molecule has 3 nitrogen and oxygen atoms in total. The molecule has 1 fully saturated rings. The topological polar surface area (TPSA) is 34.2 Å². The summed E-state index contributed by atoms with van der Waals surface area (Å²) in [6.45, 7) is 5.96. The van der Waals surface area contributed by atoms with Gasteiger partial charge in [0.1, 0.15) is 5.75 Å². The number of aromatic nitrogens is 1. The molecule has 0 saturated heterocycles. The Balaban J connectivity index is 1.85. The van der Waals surface area contributed by atoms with Gasteiger partial charge in [0.15, 0.2) is 0 Å². The van der Waals surface area contributed by atoms with Gasteiger partial charge < -0.3 is 10.1 Å². The van der Waals surface area contributed by atoms with E-state index in [-0.39, 0.29) is 0 Å². The van der Waals surface area contributed by atoms with Gasteiger partial charge in [-0.15, -0.1) is 0 Å². The minimum absolute atomic E-state index is 0.686. The number of nitrogens with one attached hydrogen (secondary N) is 1. The second-order valence-corrected chi connectivity index (χ2v) is 5.00. The van der Waals surface area contributed by atoms with Gasteiger partial charge >= 0.3 is 0 Å². The van der Waals surface area contributed by atoms with Crippen molar-refractivity contribution in [3.05, 3.63) is 24.0 Å². The predicted molar refractivity (Wildman–Crippen MR) is 73.9 cm³/mol. The highest BCUT2D eigenvalue weighted by molar-refractivity contribution is 5.23. The maximum absolute atomic E-state index is 5.48. The van der Waals surface area contributed by atoms with Gasteiger partial charge in [-0.1, -0.05) is 6.92 Å². The summed E-state index contributed by atoms with van der Waals surface area (Å²) in [5.41, 5.74) is 1.28. The number of hydrogen-bond acceptors (Lipinski definition) is 3. The Morgan fingerprint density at radius 1 is 1.39 bits per heavy atom. The van der Waals surface area contributed by atoms with Gasteiger partial charge in [0.05, 0.1) is 12.8 Å². The van der Waals surface area contributed by atoms with Crippen LogP contribution in [0.1, 0.15) is 38.7 Å². The minimum atomic E-state index is 0.686. The third-order valence-electron chi connectivity index (χ3n) is 3.48. The summed E-state index contributed by atoms with van der Waals surface area (Å²) in [5, 5.41) is 3.60. The third-order valence-corrected chi connectivity index (χ3v) is 3.48. The normalized spacial score (nSPS) is 16.6. The van der Waals surface area contributed by atoms with Crippen LogP contribution in [0.15, 0.2) is 18.5 Å². The summed E-state index contributed by atoms with van der Waals surface area (Å²) < 4.78 is 5.48. The van der Waals surface area contributed by atoms with Crippen LogP contribution in [0.4, 0.5) is 0 Å². The van der Waals surface area contributed by atoms with E-state index in [0.717, 1.165) is 24.6 Å². The van der Waals surface area contributed by atoms with E-state index in [2.05, 4.69) is 23.3 Å². The van der Waals surface area contributed by atoms with Crippen LogP contribution in [-0.4, -0.2) is 24.2 Å². The molecule has 1 saturated carbocycles.